The first kappa shape index (κ1) is 18.0. The van der Waals surface area contributed by atoms with Crippen LogP contribution in [0.3, 0.4) is 0 Å². The minimum atomic E-state index is -0.415. The van der Waals surface area contributed by atoms with Crippen molar-refractivity contribution in [1.29, 1.82) is 0 Å². The molecule has 128 valence electrons. The molecule has 2 aromatic rings. The van der Waals surface area contributed by atoms with Gasteiger partial charge >= 0.3 is 0 Å². The van der Waals surface area contributed by atoms with Gasteiger partial charge in [0.1, 0.15) is 0 Å². The number of carbonyl (C=O) groups excluding carboxylic acids is 1. The number of primary amides is 1. The Morgan fingerprint density at radius 1 is 1.29 bits per heavy atom. The lowest BCUT2D eigenvalue weighted by Gasteiger charge is -2.16. The van der Waals surface area contributed by atoms with E-state index < -0.39 is 5.91 Å². The number of nitrogens with one attached hydrogen (secondary N) is 2. The minimum Gasteiger partial charge on any atom is -0.366 e. The van der Waals surface area contributed by atoms with Crippen molar-refractivity contribution in [3.05, 3.63) is 57.8 Å². The number of benzene rings is 1. The van der Waals surface area contributed by atoms with Crippen molar-refractivity contribution in [2.45, 2.75) is 19.9 Å². The molecule has 4 N–H and O–H groups in total. The van der Waals surface area contributed by atoms with Gasteiger partial charge in [-0.3, -0.25) is 9.79 Å². The molecule has 0 saturated carbocycles. The van der Waals surface area contributed by atoms with Crippen LogP contribution in [0.1, 0.15) is 27.7 Å². The first-order valence-corrected chi connectivity index (χ1v) is 8.82. The standard InChI is InChI=1S/C18H24N4OS/c1-13(9-16-7-4-8-24-16)11-21-18(20-2)22-12-14-5-3-6-15(10-14)17(19)23/h3-8,10,13H,9,11-12H2,1-2H3,(H2,19,23)(H2,20,21,22). The number of amides is 1. The van der Waals surface area contributed by atoms with E-state index in [4.69, 9.17) is 5.73 Å². The second kappa shape index (κ2) is 9.08. The topological polar surface area (TPSA) is 79.5 Å². The summed E-state index contributed by atoms with van der Waals surface area (Å²) in [7, 11) is 1.75. The molecule has 1 amide bonds. The molecule has 1 unspecified atom stereocenters. The number of nitrogens with two attached hydrogens (primary N) is 1. The summed E-state index contributed by atoms with van der Waals surface area (Å²) in [4.78, 5) is 16.9. The molecule has 6 heteroatoms. The van der Waals surface area contributed by atoms with E-state index in [1.165, 1.54) is 4.88 Å². The summed E-state index contributed by atoms with van der Waals surface area (Å²) in [6, 6.07) is 11.5. The lowest BCUT2D eigenvalue weighted by molar-refractivity contribution is 0.1000. The van der Waals surface area contributed by atoms with E-state index >= 15 is 0 Å². The molecule has 0 aliphatic carbocycles. The van der Waals surface area contributed by atoms with Crippen LogP contribution < -0.4 is 16.4 Å². The van der Waals surface area contributed by atoms with Gasteiger partial charge in [0.25, 0.3) is 0 Å². The molecule has 24 heavy (non-hydrogen) atoms. The van der Waals surface area contributed by atoms with Gasteiger partial charge in [-0.15, -0.1) is 11.3 Å². The molecule has 0 radical (unpaired) electrons. The van der Waals surface area contributed by atoms with Crippen LogP contribution in [0.4, 0.5) is 0 Å². The molecule has 0 saturated heterocycles. The Hall–Kier alpha value is -2.34. The number of nitrogens with zero attached hydrogens (tertiary/aromatic N) is 1. The maximum Gasteiger partial charge on any atom is 0.248 e. The smallest absolute Gasteiger partial charge is 0.248 e. The Balaban J connectivity index is 1.80. The van der Waals surface area contributed by atoms with Gasteiger partial charge in [-0.1, -0.05) is 25.1 Å². The normalized spacial score (nSPS) is 12.7. The number of thiophene rings is 1. The van der Waals surface area contributed by atoms with Gasteiger partial charge in [-0.05, 0) is 41.5 Å². The van der Waals surface area contributed by atoms with E-state index in [2.05, 4.69) is 40.1 Å². The second-order valence-corrected chi connectivity index (χ2v) is 6.79. The van der Waals surface area contributed by atoms with Crippen LogP contribution in [0.15, 0.2) is 46.8 Å². The number of guanidine groups is 1. The van der Waals surface area contributed by atoms with Crippen molar-refractivity contribution in [1.82, 2.24) is 10.6 Å². The van der Waals surface area contributed by atoms with E-state index in [0.717, 1.165) is 24.5 Å². The molecule has 1 aromatic heterocycles. The minimum absolute atomic E-state index is 0.415. The summed E-state index contributed by atoms with van der Waals surface area (Å²) < 4.78 is 0. The quantitative estimate of drug-likeness (QED) is 0.533. The number of carbonyl (C=O) groups is 1. The highest BCUT2D eigenvalue weighted by atomic mass is 32.1. The molecule has 5 nitrogen and oxygen atoms in total. The summed E-state index contributed by atoms with van der Waals surface area (Å²) in [6.45, 7) is 3.65. The average Bonchev–Trinajstić information content (AvgIpc) is 3.08. The molecule has 0 aliphatic rings. The zero-order chi connectivity index (χ0) is 17.4. The summed E-state index contributed by atoms with van der Waals surface area (Å²) in [5.74, 6) is 0.847. The predicted octanol–water partition coefficient (Wildman–Crippen LogP) is 2.39. The molecular formula is C18H24N4OS. The molecule has 0 bridgehead atoms. The summed E-state index contributed by atoms with van der Waals surface area (Å²) in [6.07, 6.45) is 1.06. The molecule has 2 rings (SSSR count). The zero-order valence-corrected chi connectivity index (χ0v) is 14.9. The van der Waals surface area contributed by atoms with E-state index in [0.29, 0.717) is 18.0 Å². The van der Waals surface area contributed by atoms with Crippen LogP contribution in [0, 0.1) is 5.92 Å². The van der Waals surface area contributed by atoms with Gasteiger partial charge in [0, 0.05) is 30.6 Å². The fourth-order valence-electron chi connectivity index (χ4n) is 2.36. The highest BCUT2D eigenvalue weighted by Crippen LogP contribution is 2.13. The van der Waals surface area contributed by atoms with Gasteiger partial charge < -0.3 is 16.4 Å². The van der Waals surface area contributed by atoms with Gasteiger partial charge in [-0.2, -0.15) is 0 Å². The largest absolute Gasteiger partial charge is 0.366 e. The SMILES string of the molecule is CN=C(NCc1cccc(C(N)=O)c1)NCC(C)Cc1cccs1. The molecule has 0 spiro atoms. The molecule has 1 aromatic carbocycles. The van der Waals surface area contributed by atoms with E-state index in [9.17, 15) is 4.79 Å². The van der Waals surface area contributed by atoms with Gasteiger partial charge in [0.15, 0.2) is 5.96 Å². The maximum absolute atomic E-state index is 11.2. The Morgan fingerprint density at radius 3 is 2.79 bits per heavy atom. The number of rotatable bonds is 7. The Bertz CT molecular complexity index is 682. The van der Waals surface area contributed by atoms with Crippen LogP contribution in [0.25, 0.3) is 0 Å². The van der Waals surface area contributed by atoms with Crippen molar-refractivity contribution < 1.29 is 4.79 Å². The van der Waals surface area contributed by atoms with E-state index in [-0.39, 0.29) is 0 Å². The third-order valence-electron chi connectivity index (χ3n) is 3.64. The first-order valence-electron chi connectivity index (χ1n) is 7.94. The van der Waals surface area contributed by atoms with Crippen LogP contribution in [0.2, 0.25) is 0 Å². The van der Waals surface area contributed by atoms with Crippen molar-refractivity contribution >= 4 is 23.2 Å². The zero-order valence-electron chi connectivity index (χ0n) is 14.1. The number of hydrogen-bond acceptors (Lipinski definition) is 3. The monoisotopic (exact) mass is 344 g/mol. The van der Waals surface area contributed by atoms with Gasteiger partial charge in [0.2, 0.25) is 5.91 Å². The lowest BCUT2D eigenvalue weighted by Crippen LogP contribution is -2.39. The van der Waals surface area contributed by atoms with Crippen molar-refractivity contribution in [3.63, 3.8) is 0 Å². The summed E-state index contributed by atoms with van der Waals surface area (Å²) >= 11 is 1.79. The fourth-order valence-corrected chi connectivity index (χ4v) is 3.23. The predicted molar refractivity (Wildman–Crippen MR) is 100 cm³/mol. The van der Waals surface area contributed by atoms with Crippen LogP contribution in [-0.2, 0) is 13.0 Å². The van der Waals surface area contributed by atoms with E-state index in [1.807, 2.05) is 12.1 Å². The first-order chi connectivity index (χ1) is 11.6. The molecular weight excluding hydrogens is 320 g/mol. The van der Waals surface area contributed by atoms with Crippen molar-refractivity contribution in [2.24, 2.45) is 16.6 Å². The second-order valence-electron chi connectivity index (χ2n) is 5.76. The van der Waals surface area contributed by atoms with Gasteiger partial charge in [0.05, 0.1) is 0 Å². The van der Waals surface area contributed by atoms with Gasteiger partial charge in [-0.25, -0.2) is 0 Å². The number of aliphatic imine (C=N–C) groups is 1. The average molecular weight is 344 g/mol. The summed E-state index contributed by atoms with van der Waals surface area (Å²) in [5, 5.41) is 8.70. The maximum atomic E-state index is 11.2. The van der Waals surface area contributed by atoms with Crippen molar-refractivity contribution in [3.8, 4) is 0 Å². The molecule has 0 aliphatic heterocycles. The molecule has 0 fully saturated rings. The third kappa shape index (κ3) is 5.70. The van der Waals surface area contributed by atoms with Crippen LogP contribution >= 0.6 is 11.3 Å². The lowest BCUT2D eigenvalue weighted by atomic mass is 10.1. The Morgan fingerprint density at radius 2 is 2.12 bits per heavy atom. The fraction of sp³-hybridized carbons (Fsp3) is 0.333. The van der Waals surface area contributed by atoms with Crippen molar-refractivity contribution in [2.75, 3.05) is 13.6 Å². The highest BCUT2D eigenvalue weighted by molar-refractivity contribution is 7.09. The van der Waals surface area contributed by atoms with Crippen LogP contribution in [-0.4, -0.2) is 25.5 Å². The molecule has 1 heterocycles. The van der Waals surface area contributed by atoms with E-state index in [1.54, 1.807) is 30.5 Å². The molecule has 1 atom stereocenters. The Labute approximate surface area is 147 Å². The third-order valence-corrected chi connectivity index (χ3v) is 4.54. The van der Waals surface area contributed by atoms with Crippen LogP contribution in [0.5, 0.6) is 0 Å². The summed E-state index contributed by atoms with van der Waals surface area (Å²) in [5.41, 5.74) is 6.81. The Kier molecular flexibility index (Phi) is 6.81. The number of hydrogen-bond donors (Lipinski definition) is 3. The highest BCUT2D eigenvalue weighted by Gasteiger charge is 2.07.